The van der Waals surface area contributed by atoms with E-state index in [0.717, 1.165) is 11.8 Å². The van der Waals surface area contributed by atoms with E-state index >= 15 is 0 Å². The Kier molecular flexibility index (Phi) is 6.35. The first-order valence-corrected chi connectivity index (χ1v) is 11.7. The Balaban J connectivity index is 1.78. The Morgan fingerprint density at radius 3 is 2.41 bits per heavy atom. The predicted molar refractivity (Wildman–Crippen MR) is 118 cm³/mol. The van der Waals surface area contributed by atoms with Crippen LogP contribution in [0.15, 0.2) is 35.8 Å². The predicted octanol–water partition coefficient (Wildman–Crippen LogP) is 4.81. The van der Waals surface area contributed by atoms with Crippen molar-refractivity contribution in [3.63, 3.8) is 0 Å². The molecule has 0 radical (unpaired) electrons. The molecule has 1 amide bonds. The summed E-state index contributed by atoms with van der Waals surface area (Å²) in [5.74, 6) is -0.570. The fourth-order valence-electron chi connectivity index (χ4n) is 2.26. The van der Waals surface area contributed by atoms with Crippen LogP contribution in [0.25, 0.3) is 11.3 Å². The van der Waals surface area contributed by atoms with Crippen molar-refractivity contribution in [1.82, 2.24) is 9.97 Å². The van der Waals surface area contributed by atoms with E-state index in [0.29, 0.717) is 16.5 Å². The standard InChI is InChI=1S/C17H13Cl3N4O3S2/c1-24(29(2,26)27)10-5-3-9(4-6-10)12-8-28-17(22-12)23-16(25)15-14(20)13(19)11(18)7-21-15/h3-8H,1-2H3,(H,22,23,25). The molecule has 3 aromatic rings. The fraction of sp³-hybridized carbons (Fsp3) is 0.118. The van der Waals surface area contributed by atoms with Gasteiger partial charge in [-0.1, -0.05) is 46.9 Å². The van der Waals surface area contributed by atoms with Gasteiger partial charge in [-0.25, -0.2) is 18.4 Å². The fourth-order valence-corrected chi connectivity index (χ4v) is 4.04. The lowest BCUT2D eigenvalue weighted by molar-refractivity contribution is 0.102. The zero-order valence-corrected chi connectivity index (χ0v) is 18.9. The lowest BCUT2D eigenvalue weighted by Crippen LogP contribution is -2.24. The first kappa shape index (κ1) is 21.8. The molecule has 0 unspecified atom stereocenters. The monoisotopic (exact) mass is 490 g/mol. The first-order chi connectivity index (χ1) is 13.6. The van der Waals surface area contributed by atoms with Gasteiger partial charge in [0.2, 0.25) is 10.0 Å². The Hall–Kier alpha value is -1.91. The summed E-state index contributed by atoms with van der Waals surface area (Å²) >= 11 is 19.0. The van der Waals surface area contributed by atoms with Crippen LogP contribution < -0.4 is 9.62 Å². The van der Waals surface area contributed by atoms with Crippen LogP contribution in [0.3, 0.4) is 0 Å². The number of hydrogen-bond donors (Lipinski definition) is 1. The molecule has 0 spiro atoms. The van der Waals surface area contributed by atoms with Crippen LogP contribution in [0, 0.1) is 0 Å². The lowest BCUT2D eigenvalue weighted by atomic mass is 10.1. The molecule has 0 saturated heterocycles. The second-order valence-electron chi connectivity index (χ2n) is 5.85. The molecule has 0 atom stereocenters. The molecule has 0 aliphatic carbocycles. The summed E-state index contributed by atoms with van der Waals surface area (Å²) in [5.41, 5.74) is 1.84. The van der Waals surface area contributed by atoms with Crippen molar-refractivity contribution in [3.8, 4) is 11.3 Å². The highest BCUT2D eigenvalue weighted by Crippen LogP contribution is 2.32. The number of benzene rings is 1. The smallest absolute Gasteiger partial charge is 0.277 e. The average molecular weight is 492 g/mol. The SMILES string of the molecule is CN(c1ccc(-c2csc(NC(=O)c3ncc(Cl)c(Cl)c3Cl)n2)cc1)S(C)(=O)=O. The molecule has 0 bridgehead atoms. The minimum atomic E-state index is -3.34. The van der Waals surface area contributed by atoms with E-state index in [9.17, 15) is 13.2 Å². The van der Waals surface area contributed by atoms with Crippen molar-refractivity contribution >= 4 is 72.9 Å². The third-order valence-corrected chi connectivity index (χ3v) is 7.09. The quantitative estimate of drug-likeness (QED) is 0.553. The summed E-state index contributed by atoms with van der Waals surface area (Å²) in [5, 5.41) is 4.87. The molecule has 0 fully saturated rings. The maximum Gasteiger partial charge on any atom is 0.277 e. The van der Waals surface area contributed by atoms with Crippen LogP contribution in [0.4, 0.5) is 10.8 Å². The Morgan fingerprint density at radius 1 is 1.14 bits per heavy atom. The Labute approximate surface area is 186 Å². The Bertz CT molecular complexity index is 1180. The van der Waals surface area contributed by atoms with Gasteiger partial charge < -0.3 is 0 Å². The number of nitrogens with one attached hydrogen (secondary N) is 1. The number of sulfonamides is 1. The van der Waals surface area contributed by atoms with Crippen molar-refractivity contribution in [3.05, 3.63) is 56.6 Å². The number of nitrogens with zero attached hydrogens (tertiary/aromatic N) is 3. The van der Waals surface area contributed by atoms with E-state index in [1.807, 2.05) is 0 Å². The number of thiazole rings is 1. The van der Waals surface area contributed by atoms with E-state index < -0.39 is 15.9 Å². The van der Waals surface area contributed by atoms with Gasteiger partial charge in [0.05, 0.1) is 32.7 Å². The maximum atomic E-state index is 12.4. The minimum Gasteiger partial charge on any atom is -0.296 e. The Morgan fingerprint density at radius 2 is 1.79 bits per heavy atom. The summed E-state index contributed by atoms with van der Waals surface area (Å²) < 4.78 is 24.4. The molecule has 2 heterocycles. The number of halogens is 3. The van der Waals surface area contributed by atoms with Gasteiger partial charge in [-0.2, -0.15) is 0 Å². The van der Waals surface area contributed by atoms with Gasteiger partial charge in [-0.15, -0.1) is 11.3 Å². The number of aromatic nitrogens is 2. The maximum absolute atomic E-state index is 12.4. The third kappa shape index (κ3) is 4.81. The van der Waals surface area contributed by atoms with Gasteiger partial charge in [-0.3, -0.25) is 14.4 Å². The number of carbonyl (C=O) groups is 1. The normalized spacial score (nSPS) is 11.3. The molecule has 152 valence electrons. The van der Waals surface area contributed by atoms with Gasteiger partial charge in [0.15, 0.2) is 5.13 Å². The lowest BCUT2D eigenvalue weighted by Gasteiger charge is -2.16. The van der Waals surface area contributed by atoms with Crippen molar-refractivity contribution in [2.75, 3.05) is 22.9 Å². The second-order valence-corrected chi connectivity index (χ2v) is 9.89. The topological polar surface area (TPSA) is 92.3 Å². The average Bonchev–Trinajstić information content (AvgIpc) is 3.13. The van der Waals surface area contributed by atoms with Crippen LogP contribution >= 0.6 is 46.1 Å². The molecular formula is C17H13Cl3N4O3S2. The van der Waals surface area contributed by atoms with E-state index in [-0.39, 0.29) is 20.8 Å². The van der Waals surface area contributed by atoms with Gasteiger partial charge in [0, 0.05) is 24.2 Å². The number of rotatable bonds is 5. The summed E-state index contributed by atoms with van der Waals surface area (Å²) in [7, 11) is -1.87. The second kappa shape index (κ2) is 8.45. The number of amides is 1. The molecule has 0 saturated carbocycles. The molecule has 1 aromatic carbocycles. The zero-order valence-electron chi connectivity index (χ0n) is 15.0. The molecule has 7 nitrogen and oxygen atoms in total. The van der Waals surface area contributed by atoms with Crippen LogP contribution in [-0.4, -0.2) is 37.6 Å². The van der Waals surface area contributed by atoms with E-state index in [1.54, 1.807) is 29.6 Å². The highest BCUT2D eigenvalue weighted by atomic mass is 35.5. The van der Waals surface area contributed by atoms with Gasteiger partial charge in [0.25, 0.3) is 5.91 Å². The number of hydrogen-bond acceptors (Lipinski definition) is 6. The van der Waals surface area contributed by atoms with Crippen LogP contribution in [-0.2, 0) is 10.0 Å². The van der Waals surface area contributed by atoms with E-state index in [1.165, 1.54) is 28.9 Å². The molecule has 3 rings (SSSR count). The summed E-state index contributed by atoms with van der Waals surface area (Å²) in [4.78, 5) is 20.7. The number of anilines is 2. The van der Waals surface area contributed by atoms with Crippen LogP contribution in [0.2, 0.25) is 15.1 Å². The molecule has 0 aliphatic heterocycles. The highest BCUT2D eigenvalue weighted by molar-refractivity contribution is 7.92. The summed E-state index contributed by atoms with van der Waals surface area (Å²) in [6, 6.07) is 6.84. The first-order valence-electron chi connectivity index (χ1n) is 7.88. The number of pyridine rings is 1. The van der Waals surface area contributed by atoms with Crippen molar-refractivity contribution in [1.29, 1.82) is 0 Å². The molecular weight excluding hydrogens is 479 g/mol. The largest absolute Gasteiger partial charge is 0.296 e. The van der Waals surface area contributed by atoms with Crippen molar-refractivity contribution < 1.29 is 13.2 Å². The van der Waals surface area contributed by atoms with Gasteiger partial charge in [-0.05, 0) is 12.1 Å². The third-order valence-electron chi connectivity index (χ3n) is 3.88. The summed E-state index contributed by atoms with van der Waals surface area (Å²) in [6.07, 6.45) is 2.37. The van der Waals surface area contributed by atoms with E-state index in [2.05, 4.69) is 15.3 Å². The van der Waals surface area contributed by atoms with Gasteiger partial charge >= 0.3 is 0 Å². The number of carbonyl (C=O) groups excluding carboxylic acids is 1. The van der Waals surface area contributed by atoms with E-state index in [4.69, 9.17) is 34.8 Å². The zero-order chi connectivity index (χ0) is 21.3. The van der Waals surface area contributed by atoms with Crippen LogP contribution in [0.1, 0.15) is 10.5 Å². The highest BCUT2D eigenvalue weighted by Gasteiger charge is 2.18. The molecule has 2 aromatic heterocycles. The minimum absolute atomic E-state index is 0.0426. The van der Waals surface area contributed by atoms with Gasteiger partial charge in [0.1, 0.15) is 5.69 Å². The van der Waals surface area contributed by atoms with Crippen LogP contribution in [0.5, 0.6) is 0 Å². The molecule has 12 heteroatoms. The summed E-state index contributed by atoms with van der Waals surface area (Å²) in [6.45, 7) is 0. The van der Waals surface area contributed by atoms with Crippen molar-refractivity contribution in [2.45, 2.75) is 0 Å². The molecule has 1 N–H and O–H groups in total. The molecule has 0 aliphatic rings. The van der Waals surface area contributed by atoms with Crippen molar-refractivity contribution in [2.24, 2.45) is 0 Å². The molecule has 29 heavy (non-hydrogen) atoms.